The summed E-state index contributed by atoms with van der Waals surface area (Å²) in [6.45, 7) is 3.76. The van der Waals surface area contributed by atoms with Crippen molar-refractivity contribution in [1.29, 1.82) is 0 Å². The molecule has 3 N–H and O–H groups in total. The van der Waals surface area contributed by atoms with Crippen molar-refractivity contribution < 1.29 is 13.6 Å². The molecular formula is C23H19Cl2F2N3O2. The van der Waals surface area contributed by atoms with Gasteiger partial charge in [-0.05, 0) is 60.4 Å². The molecule has 1 aliphatic rings. The van der Waals surface area contributed by atoms with Crippen molar-refractivity contribution in [2.75, 3.05) is 0 Å². The van der Waals surface area contributed by atoms with Crippen molar-refractivity contribution in [2.24, 2.45) is 5.73 Å². The zero-order chi connectivity index (χ0) is 23.4. The third kappa shape index (κ3) is 3.59. The van der Waals surface area contributed by atoms with Crippen LogP contribution in [0.5, 0.6) is 0 Å². The van der Waals surface area contributed by atoms with Crippen LogP contribution in [0.3, 0.4) is 0 Å². The van der Waals surface area contributed by atoms with Crippen LogP contribution in [0, 0.1) is 6.92 Å². The van der Waals surface area contributed by atoms with E-state index in [4.69, 9.17) is 28.9 Å². The summed E-state index contributed by atoms with van der Waals surface area (Å²) in [6, 6.07) is 5.09. The number of aromatic nitrogens is 2. The highest BCUT2D eigenvalue weighted by atomic mass is 35.5. The van der Waals surface area contributed by atoms with Gasteiger partial charge in [-0.3, -0.25) is 14.6 Å². The van der Waals surface area contributed by atoms with Gasteiger partial charge in [0.05, 0.1) is 16.6 Å². The van der Waals surface area contributed by atoms with Crippen LogP contribution in [0.2, 0.25) is 10.0 Å². The smallest absolute Gasteiger partial charge is 0.269 e. The molecule has 32 heavy (non-hydrogen) atoms. The van der Waals surface area contributed by atoms with Gasteiger partial charge in [0.15, 0.2) is 0 Å². The molecule has 0 spiro atoms. The molecule has 2 aromatic heterocycles. The SMILES string of the molecule is Cc1cc([C@]2(C)CCC(=C(F)F)C2)c(Cl)cc1-c1[nH]c2ccnc(C(N)=O)c2c(=O)c1Cl. The van der Waals surface area contributed by atoms with Gasteiger partial charge in [0.1, 0.15) is 10.7 Å². The average Bonchev–Trinajstić information content (AvgIpc) is 3.15. The number of benzene rings is 1. The first-order valence-electron chi connectivity index (χ1n) is 9.88. The van der Waals surface area contributed by atoms with Crippen molar-refractivity contribution in [3.63, 3.8) is 0 Å². The summed E-state index contributed by atoms with van der Waals surface area (Å²) in [6.07, 6.45) is 0.882. The molecule has 166 valence electrons. The number of allylic oxidation sites excluding steroid dienone is 1. The molecule has 1 amide bonds. The van der Waals surface area contributed by atoms with E-state index >= 15 is 0 Å². The molecule has 4 rings (SSSR count). The minimum Gasteiger partial charge on any atom is -0.364 e. The number of aromatic amines is 1. The molecule has 1 saturated carbocycles. The topological polar surface area (TPSA) is 88.8 Å². The second-order valence-corrected chi connectivity index (χ2v) is 9.12. The first kappa shape index (κ1) is 22.4. The number of hydrogen-bond acceptors (Lipinski definition) is 3. The Bertz CT molecular complexity index is 1380. The normalized spacial score (nSPS) is 18.4. The van der Waals surface area contributed by atoms with Gasteiger partial charge >= 0.3 is 0 Å². The maximum Gasteiger partial charge on any atom is 0.269 e. The molecular weight excluding hydrogens is 459 g/mol. The molecule has 1 atom stereocenters. The molecule has 0 saturated heterocycles. The maximum absolute atomic E-state index is 13.1. The van der Waals surface area contributed by atoms with Crippen molar-refractivity contribution in [3.05, 3.63) is 73.1 Å². The fraction of sp³-hybridized carbons (Fsp3) is 0.261. The number of primary amides is 1. The summed E-state index contributed by atoms with van der Waals surface area (Å²) < 4.78 is 26.2. The Morgan fingerprint density at radius 1 is 1.28 bits per heavy atom. The van der Waals surface area contributed by atoms with Crippen LogP contribution in [0.15, 0.2) is 40.8 Å². The van der Waals surface area contributed by atoms with E-state index in [0.29, 0.717) is 34.6 Å². The van der Waals surface area contributed by atoms with Gasteiger partial charge in [-0.1, -0.05) is 36.2 Å². The standard InChI is InChI=1S/C23H19Cl2F2N3O2/c1-10-7-13(23(2)5-3-11(9-23)21(26)27)14(24)8-12(10)18-17(25)20(31)16-15(30-18)4-6-29-19(16)22(28)32/h4,6-8H,3,5,9H2,1-2H3,(H2,28,32)(H,30,31)/t23-/m1/s1. The summed E-state index contributed by atoms with van der Waals surface area (Å²) in [5, 5.41) is 0.287. The highest BCUT2D eigenvalue weighted by Gasteiger charge is 2.37. The third-order valence-electron chi connectivity index (χ3n) is 6.17. The van der Waals surface area contributed by atoms with Crippen molar-refractivity contribution in [1.82, 2.24) is 9.97 Å². The summed E-state index contributed by atoms with van der Waals surface area (Å²) >= 11 is 13.0. The first-order chi connectivity index (χ1) is 15.0. The zero-order valence-electron chi connectivity index (χ0n) is 17.3. The van der Waals surface area contributed by atoms with Crippen molar-refractivity contribution in [3.8, 4) is 11.3 Å². The largest absolute Gasteiger partial charge is 0.364 e. The highest BCUT2D eigenvalue weighted by Crippen LogP contribution is 2.48. The number of nitrogens with two attached hydrogens (primary N) is 1. The summed E-state index contributed by atoms with van der Waals surface area (Å²) in [5.41, 5.74) is 7.07. The minimum absolute atomic E-state index is 0.0140. The maximum atomic E-state index is 13.1. The fourth-order valence-electron chi connectivity index (χ4n) is 4.46. The Labute approximate surface area is 192 Å². The number of fused-ring (bicyclic) bond motifs is 1. The van der Waals surface area contributed by atoms with E-state index in [2.05, 4.69) is 9.97 Å². The van der Waals surface area contributed by atoms with Crippen LogP contribution >= 0.6 is 23.2 Å². The van der Waals surface area contributed by atoms with Gasteiger partial charge in [-0.15, -0.1) is 0 Å². The molecule has 9 heteroatoms. The summed E-state index contributed by atoms with van der Waals surface area (Å²) in [4.78, 5) is 31.6. The van der Waals surface area contributed by atoms with E-state index in [0.717, 1.165) is 11.1 Å². The number of H-pyrrole nitrogens is 1. The Morgan fingerprint density at radius 2 is 2.00 bits per heavy atom. The van der Waals surface area contributed by atoms with Gasteiger partial charge in [0.2, 0.25) is 5.43 Å². The first-order valence-corrected chi connectivity index (χ1v) is 10.6. The highest BCUT2D eigenvalue weighted by molar-refractivity contribution is 6.34. The lowest BCUT2D eigenvalue weighted by molar-refractivity contribution is 0.0997. The number of amides is 1. The van der Waals surface area contributed by atoms with E-state index in [1.165, 1.54) is 6.20 Å². The fourth-order valence-corrected chi connectivity index (χ4v) is 5.10. The number of rotatable bonds is 3. The number of nitrogens with zero attached hydrogens (tertiary/aromatic N) is 1. The molecule has 5 nitrogen and oxygen atoms in total. The number of pyridine rings is 2. The summed E-state index contributed by atoms with van der Waals surface area (Å²) in [5.74, 6) is -0.837. The monoisotopic (exact) mass is 477 g/mol. The molecule has 3 aromatic rings. The molecule has 1 aromatic carbocycles. The predicted octanol–water partition coefficient (Wildman–Crippen LogP) is 5.90. The van der Waals surface area contributed by atoms with Gasteiger partial charge < -0.3 is 10.7 Å². The Balaban J connectivity index is 1.88. The molecule has 0 bridgehead atoms. The molecule has 0 unspecified atom stereocenters. The number of carbonyl (C=O) groups excluding carboxylic acids is 1. The molecule has 1 aliphatic carbocycles. The molecule has 2 heterocycles. The van der Waals surface area contributed by atoms with Crippen LogP contribution in [0.4, 0.5) is 8.78 Å². The van der Waals surface area contributed by atoms with E-state index in [9.17, 15) is 18.4 Å². The average molecular weight is 478 g/mol. The Morgan fingerprint density at radius 3 is 2.62 bits per heavy atom. The second-order valence-electron chi connectivity index (χ2n) is 8.34. The molecule has 0 aliphatic heterocycles. The van der Waals surface area contributed by atoms with Gasteiger partial charge in [0, 0.05) is 16.8 Å². The number of halogens is 4. The van der Waals surface area contributed by atoms with Gasteiger partial charge in [-0.2, -0.15) is 8.78 Å². The van der Waals surface area contributed by atoms with E-state index in [1.54, 1.807) is 12.1 Å². The van der Waals surface area contributed by atoms with E-state index in [-0.39, 0.29) is 28.1 Å². The van der Waals surface area contributed by atoms with Crippen LogP contribution in [-0.2, 0) is 5.41 Å². The Hall–Kier alpha value is -2.77. The number of hydrogen-bond donors (Lipinski definition) is 2. The van der Waals surface area contributed by atoms with Crippen LogP contribution in [0.25, 0.3) is 22.2 Å². The lowest BCUT2D eigenvalue weighted by Gasteiger charge is -2.26. The van der Waals surface area contributed by atoms with Gasteiger partial charge in [-0.25, -0.2) is 0 Å². The molecule has 1 fully saturated rings. The van der Waals surface area contributed by atoms with Crippen molar-refractivity contribution >= 4 is 40.0 Å². The lowest BCUT2D eigenvalue weighted by Crippen LogP contribution is -2.19. The zero-order valence-corrected chi connectivity index (χ0v) is 18.8. The van der Waals surface area contributed by atoms with Gasteiger partial charge in [0.25, 0.3) is 12.0 Å². The lowest BCUT2D eigenvalue weighted by atomic mass is 9.79. The van der Waals surface area contributed by atoms with E-state index < -0.39 is 22.8 Å². The minimum atomic E-state index is -1.62. The number of carbonyl (C=O) groups is 1. The van der Waals surface area contributed by atoms with Crippen LogP contribution in [-0.4, -0.2) is 15.9 Å². The third-order valence-corrected chi connectivity index (χ3v) is 6.85. The second kappa shape index (κ2) is 7.98. The van der Waals surface area contributed by atoms with E-state index in [1.807, 2.05) is 19.9 Å². The molecule has 0 radical (unpaired) electrons. The van der Waals surface area contributed by atoms with Crippen molar-refractivity contribution in [2.45, 2.75) is 38.5 Å². The Kier molecular flexibility index (Phi) is 5.59. The van der Waals surface area contributed by atoms with Crippen LogP contribution < -0.4 is 11.2 Å². The quantitative estimate of drug-likeness (QED) is 0.492. The predicted molar refractivity (Wildman–Crippen MR) is 122 cm³/mol. The number of nitrogens with one attached hydrogen (secondary N) is 1. The number of aryl methyl sites for hydroxylation is 1. The van der Waals surface area contributed by atoms with Crippen LogP contribution in [0.1, 0.15) is 47.8 Å². The summed E-state index contributed by atoms with van der Waals surface area (Å²) in [7, 11) is 0.